The van der Waals surface area contributed by atoms with Gasteiger partial charge in [0.05, 0.1) is 6.04 Å². The summed E-state index contributed by atoms with van der Waals surface area (Å²) in [6.07, 6.45) is 1.54. The van der Waals surface area contributed by atoms with Crippen molar-refractivity contribution in [3.8, 4) is 0 Å². The van der Waals surface area contributed by atoms with Crippen LogP contribution < -0.4 is 10.9 Å². The minimum atomic E-state index is -0.334. The highest BCUT2D eigenvalue weighted by atomic mass is 19.1. The molecule has 0 bridgehead atoms. The molecule has 0 aliphatic carbocycles. The second-order valence-electron chi connectivity index (χ2n) is 4.61. The molecule has 1 atom stereocenters. The van der Waals surface area contributed by atoms with E-state index in [1.54, 1.807) is 38.4 Å². The average molecular weight is 274 g/mol. The fourth-order valence-electron chi connectivity index (χ4n) is 1.80. The van der Waals surface area contributed by atoms with E-state index in [2.05, 4.69) is 5.32 Å². The van der Waals surface area contributed by atoms with E-state index in [1.165, 1.54) is 22.8 Å². The third-order valence-corrected chi connectivity index (χ3v) is 3.08. The normalized spacial score (nSPS) is 11.9. The van der Waals surface area contributed by atoms with E-state index in [4.69, 9.17) is 0 Å². The van der Waals surface area contributed by atoms with Gasteiger partial charge in [-0.1, -0.05) is 12.1 Å². The van der Waals surface area contributed by atoms with Crippen LogP contribution in [0.25, 0.3) is 0 Å². The van der Waals surface area contributed by atoms with Crippen LogP contribution in [0.2, 0.25) is 0 Å². The summed E-state index contributed by atoms with van der Waals surface area (Å²) in [5, 5.41) is 2.77. The van der Waals surface area contributed by atoms with Gasteiger partial charge in [-0.05, 0) is 30.7 Å². The van der Waals surface area contributed by atoms with Gasteiger partial charge >= 0.3 is 0 Å². The number of aryl methyl sites for hydroxylation is 1. The van der Waals surface area contributed by atoms with Gasteiger partial charge in [-0.2, -0.15) is 0 Å². The summed E-state index contributed by atoms with van der Waals surface area (Å²) in [7, 11) is 1.62. The molecule has 20 heavy (non-hydrogen) atoms. The highest BCUT2D eigenvalue weighted by molar-refractivity contribution is 5.94. The zero-order valence-corrected chi connectivity index (χ0v) is 11.3. The van der Waals surface area contributed by atoms with Crippen LogP contribution >= 0.6 is 0 Å². The SMILES string of the molecule is CC(NC(=O)c1ccn(C)c(=O)c1)c1ccc(F)cc1. The number of halogens is 1. The van der Waals surface area contributed by atoms with Crippen molar-refractivity contribution < 1.29 is 9.18 Å². The topological polar surface area (TPSA) is 51.1 Å². The molecule has 0 aliphatic heterocycles. The lowest BCUT2D eigenvalue weighted by atomic mass is 10.1. The third-order valence-electron chi connectivity index (χ3n) is 3.08. The van der Waals surface area contributed by atoms with Gasteiger partial charge in [0.15, 0.2) is 0 Å². The van der Waals surface area contributed by atoms with Gasteiger partial charge in [0, 0.05) is 24.9 Å². The lowest BCUT2D eigenvalue weighted by Gasteiger charge is -2.14. The molecule has 2 aromatic rings. The van der Waals surface area contributed by atoms with E-state index >= 15 is 0 Å². The fourth-order valence-corrected chi connectivity index (χ4v) is 1.80. The Bertz CT molecular complexity index is 677. The summed E-state index contributed by atoms with van der Waals surface area (Å²) < 4.78 is 14.2. The Hall–Kier alpha value is -2.43. The Kier molecular flexibility index (Phi) is 3.98. The fraction of sp³-hybridized carbons (Fsp3) is 0.200. The molecule has 0 fully saturated rings. The monoisotopic (exact) mass is 274 g/mol. The van der Waals surface area contributed by atoms with Crippen LogP contribution in [0.1, 0.15) is 28.9 Å². The summed E-state index contributed by atoms with van der Waals surface area (Å²) in [5.74, 6) is -0.654. The van der Waals surface area contributed by atoms with E-state index in [0.29, 0.717) is 5.56 Å². The summed E-state index contributed by atoms with van der Waals surface area (Å²) in [6.45, 7) is 1.80. The van der Waals surface area contributed by atoms with Crippen molar-refractivity contribution in [2.75, 3.05) is 0 Å². The molecule has 104 valence electrons. The maximum atomic E-state index is 12.8. The number of amides is 1. The standard InChI is InChI=1S/C15H15FN2O2/c1-10(11-3-5-13(16)6-4-11)17-15(20)12-7-8-18(2)14(19)9-12/h3-10H,1-2H3,(H,17,20). The average Bonchev–Trinajstić information content (AvgIpc) is 2.42. The summed E-state index contributed by atoms with van der Waals surface area (Å²) in [6, 6.07) is 8.51. The first-order chi connectivity index (χ1) is 9.47. The molecule has 4 nitrogen and oxygen atoms in total. The Morgan fingerprint density at radius 1 is 1.25 bits per heavy atom. The van der Waals surface area contributed by atoms with Gasteiger partial charge in [-0.15, -0.1) is 0 Å². The van der Waals surface area contributed by atoms with Gasteiger partial charge in [0.2, 0.25) is 0 Å². The molecule has 1 N–H and O–H groups in total. The number of rotatable bonds is 3. The third kappa shape index (κ3) is 3.12. The van der Waals surface area contributed by atoms with Crippen molar-refractivity contribution in [3.05, 3.63) is 69.9 Å². The van der Waals surface area contributed by atoms with Crippen molar-refractivity contribution in [2.45, 2.75) is 13.0 Å². The van der Waals surface area contributed by atoms with Crippen LogP contribution in [-0.2, 0) is 7.05 Å². The van der Waals surface area contributed by atoms with Crippen molar-refractivity contribution in [1.29, 1.82) is 0 Å². The summed E-state index contributed by atoms with van der Waals surface area (Å²) in [5.41, 5.74) is 0.859. The number of hydrogen-bond donors (Lipinski definition) is 1. The lowest BCUT2D eigenvalue weighted by molar-refractivity contribution is 0.0939. The molecule has 0 saturated carbocycles. The number of carbonyl (C=O) groups is 1. The Morgan fingerprint density at radius 2 is 1.90 bits per heavy atom. The number of pyridine rings is 1. The molecule has 1 amide bonds. The molecule has 0 saturated heterocycles. The van der Waals surface area contributed by atoms with E-state index in [-0.39, 0.29) is 23.3 Å². The first-order valence-corrected chi connectivity index (χ1v) is 6.20. The quantitative estimate of drug-likeness (QED) is 0.931. The Morgan fingerprint density at radius 3 is 2.50 bits per heavy atom. The van der Waals surface area contributed by atoms with Crippen LogP contribution in [0, 0.1) is 5.82 Å². The molecule has 2 rings (SSSR count). The van der Waals surface area contributed by atoms with Crippen molar-refractivity contribution in [2.24, 2.45) is 7.05 Å². The van der Waals surface area contributed by atoms with Gasteiger partial charge in [0.1, 0.15) is 5.82 Å². The molecule has 0 aliphatic rings. The maximum absolute atomic E-state index is 12.8. The second kappa shape index (κ2) is 5.69. The summed E-state index contributed by atoms with van der Waals surface area (Å²) in [4.78, 5) is 23.5. The maximum Gasteiger partial charge on any atom is 0.252 e. The molecule has 0 radical (unpaired) electrons. The van der Waals surface area contributed by atoms with Crippen molar-refractivity contribution in [3.63, 3.8) is 0 Å². The molecule has 5 heteroatoms. The molecular weight excluding hydrogens is 259 g/mol. The first kappa shape index (κ1) is 14.0. The zero-order chi connectivity index (χ0) is 14.7. The molecule has 1 unspecified atom stereocenters. The van der Waals surface area contributed by atoms with Crippen LogP contribution in [0.4, 0.5) is 4.39 Å². The largest absolute Gasteiger partial charge is 0.346 e. The minimum Gasteiger partial charge on any atom is -0.346 e. The van der Waals surface area contributed by atoms with E-state index < -0.39 is 0 Å². The molecule has 1 aromatic carbocycles. The van der Waals surface area contributed by atoms with Crippen molar-refractivity contribution in [1.82, 2.24) is 9.88 Å². The smallest absolute Gasteiger partial charge is 0.252 e. The van der Waals surface area contributed by atoms with Gasteiger partial charge in [0.25, 0.3) is 11.5 Å². The predicted octanol–water partition coefficient (Wildman–Crippen LogP) is 2.02. The van der Waals surface area contributed by atoms with Gasteiger partial charge in [-0.3, -0.25) is 9.59 Å². The highest BCUT2D eigenvalue weighted by Crippen LogP contribution is 2.13. The van der Waals surface area contributed by atoms with Crippen LogP contribution in [-0.4, -0.2) is 10.5 Å². The van der Waals surface area contributed by atoms with Crippen molar-refractivity contribution >= 4 is 5.91 Å². The number of nitrogens with zero attached hydrogens (tertiary/aromatic N) is 1. The van der Waals surface area contributed by atoms with Gasteiger partial charge < -0.3 is 9.88 Å². The van der Waals surface area contributed by atoms with Crippen LogP contribution in [0.15, 0.2) is 47.4 Å². The van der Waals surface area contributed by atoms with Gasteiger partial charge in [-0.25, -0.2) is 4.39 Å². The zero-order valence-electron chi connectivity index (χ0n) is 11.3. The number of nitrogens with one attached hydrogen (secondary N) is 1. The van der Waals surface area contributed by atoms with E-state index in [9.17, 15) is 14.0 Å². The summed E-state index contributed by atoms with van der Waals surface area (Å²) >= 11 is 0. The first-order valence-electron chi connectivity index (χ1n) is 6.20. The molecule has 0 spiro atoms. The van der Waals surface area contributed by atoms with Crippen LogP contribution in [0.3, 0.4) is 0 Å². The minimum absolute atomic E-state index is 0.243. The van der Waals surface area contributed by atoms with Crippen LogP contribution in [0.5, 0.6) is 0 Å². The molecular formula is C15H15FN2O2. The number of aromatic nitrogens is 1. The lowest BCUT2D eigenvalue weighted by Crippen LogP contribution is -2.28. The van der Waals surface area contributed by atoms with E-state index in [0.717, 1.165) is 5.56 Å². The number of hydrogen-bond acceptors (Lipinski definition) is 2. The second-order valence-corrected chi connectivity index (χ2v) is 4.61. The molecule has 1 aromatic heterocycles. The number of carbonyl (C=O) groups excluding carboxylic acids is 1. The predicted molar refractivity (Wildman–Crippen MR) is 74.0 cm³/mol. The highest BCUT2D eigenvalue weighted by Gasteiger charge is 2.12. The Labute approximate surface area is 115 Å². The Balaban J connectivity index is 2.12. The molecule has 1 heterocycles. The number of benzene rings is 1. The van der Waals surface area contributed by atoms with E-state index in [1.807, 2.05) is 0 Å².